The Morgan fingerprint density at radius 3 is 0.991 bits per heavy atom. The molecule has 0 bridgehead atoms. The highest BCUT2D eigenvalue weighted by Gasteiger charge is 2.18. The van der Waals surface area contributed by atoms with E-state index in [1.807, 2.05) is 231 Å². The largest absolute Gasteiger partial charge is 0.569 e. The zero-order valence-electron chi connectivity index (χ0n) is 57.6. The van der Waals surface area contributed by atoms with Crippen LogP contribution in [0.25, 0.3) is 168 Å². The predicted octanol–water partition coefficient (Wildman–Crippen LogP) is 22.1. The molecule has 503 valence electrons. The Balaban J connectivity index is 0.000000134. The molecular weight excluding hydrogens is 1320 g/mol. The van der Waals surface area contributed by atoms with Gasteiger partial charge in [0.05, 0.1) is 38.5 Å². The summed E-state index contributed by atoms with van der Waals surface area (Å²) in [5.41, 5.74) is 21.6. The average molecular weight is 1390 g/mol. The van der Waals surface area contributed by atoms with Crippen molar-refractivity contribution in [2.75, 3.05) is 0 Å². The fourth-order valence-corrected chi connectivity index (χ4v) is 13.2. The first-order chi connectivity index (χ1) is 52.2. The van der Waals surface area contributed by atoms with Gasteiger partial charge in [-0.25, -0.2) is 39.9 Å². The van der Waals surface area contributed by atoms with Crippen LogP contribution in [-0.4, -0.2) is 62.5 Å². The summed E-state index contributed by atoms with van der Waals surface area (Å²) in [6.45, 7) is 4.00. The van der Waals surface area contributed by atoms with Crippen LogP contribution in [0.3, 0.4) is 0 Å². The molecule has 0 spiro atoms. The zero-order valence-corrected chi connectivity index (χ0v) is 58.4. The monoisotopic (exact) mass is 1390 g/mol. The molecular formula is C92H63BClN10O2. The first kappa shape index (κ1) is 66.9. The third kappa shape index (κ3) is 14.7. The number of pyridine rings is 4. The van der Waals surface area contributed by atoms with Crippen molar-refractivity contribution in [3.63, 3.8) is 0 Å². The van der Waals surface area contributed by atoms with Crippen molar-refractivity contribution in [2.24, 2.45) is 0 Å². The van der Waals surface area contributed by atoms with E-state index in [1.54, 1.807) is 6.07 Å². The minimum absolute atomic E-state index is 0.566. The molecule has 0 atom stereocenters. The molecule has 0 saturated carbocycles. The lowest BCUT2D eigenvalue weighted by molar-refractivity contribution is 0.454. The van der Waals surface area contributed by atoms with Crippen molar-refractivity contribution in [3.05, 3.63) is 356 Å². The van der Waals surface area contributed by atoms with Gasteiger partial charge in [0.2, 0.25) is 0 Å². The van der Waals surface area contributed by atoms with Gasteiger partial charge in [-0.2, -0.15) is 0 Å². The molecule has 0 unspecified atom stereocenters. The van der Waals surface area contributed by atoms with E-state index >= 15 is 0 Å². The molecule has 12 nitrogen and oxygen atoms in total. The van der Waals surface area contributed by atoms with Crippen LogP contribution in [0.15, 0.2) is 340 Å². The maximum Gasteiger partial charge on any atom is 0.569 e. The van der Waals surface area contributed by atoms with Crippen LogP contribution >= 0.6 is 11.6 Å². The number of hydrogen-bond acceptors (Lipinski definition) is 12. The van der Waals surface area contributed by atoms with Crippen molar-refractivity contribution < 1.29 is 9.68 Å². The third-order valence-corrected chi connectivity index (χ3v) is 18.5. The zero-order chi connectivity index (χ0) is 71.7. The van der Waals surface area contributed by atoms with Gasteiger partial charge < -0.3 is 9.68 Å². The van der Waals surface area contributed by atoms with E-state index in [0.717, 1.165) is 149 Å². The summed E-state index contributed by atoms with van der Waals surface area (Å²) >= 11 is 6.35. The van der Waals surface area contributed by atoms with Gasteiger partial charge in [-0.15, -0.1) is 0 Å². The van der Waals surface area contributed by atoms with Crippen LogP contribution in [0.1, 0.15) is 11.4 Å². The van der Waals surface area contributed by atoms with Crippen LogP contribution in [0.2, 0.25) is 5.02 Å². The number of fused-ring (bicyclic) bond motifs is 6. The summed E-state index contributed by atoms with van der Waals surface area (Å²) in [5.74, 6) is 4.38. The highest BCUT2D eigenvalue weighted by molar-refractivity contribution is 6.36. The molecule has 0 aliphatic heterocycles. The van der Waals surface area contributed by atoms with Gasteiger partial charge in [0.25, 0.3) is 0 Å². The Hall–Kier alpha value is -13.6. The highest BCUT2D eigenvalue weighted by atomic mass is 35.5. The first-order valence-corrected chi connectivity index (χ1v) is 35.0. The van der Waals surface area contributed by atoms with Crippen molar-refractivity contribution in [1.29, 1.82) is 0 Å². The minimum atomic E-state index is 0.566. The van der Waals surface area contributed by atoms with Crippen LogP contribution in [-0.2, 0) is 0 Å². The van der Waals surface area contributed by atoms with E-state index in [-0.39, 0.29) is 0 Å². The summed E-state index contributed by atoms with van der Waals surface area (Å²) in [7, 11) is 0.678. The van der Waals surface area contributed by atoms with E-state index < -0.39 is 0 Å². The summed E-state index contributed by atoms with van der Waals surface area (Å²) in [6, 6.07) is 114. The Morgan fingerprint density at radius 1 is 0.255 bits per heavy atom. The van der Waals surface area contributed by atoms with Crippen molar-refractivity contribution in [3.8, 4) is 130 Å². The number of rotatable bonds is 13. The Labute approximate surface area is 618 Å². The topological polar surface area (TPSA) is 158 Å². The van der Waals surface area contributed by atoms with Gasteiger partial charge in [-0.3, -0.25) is 9.97 Å². The van der Waals surface area contributed by atoms with E-state index in [4.69, 9.17) is 66.1 Å². The lowest BCUT2D eigenvalue weighted by Crippen LogP contribution is -2.00. The summed E-state index contributed by atoms with van der Waals surface area (Å²) in [6.07, 6.45) is 0. The number of halogens is 1. The van der Waals surface area contributed by atoms with Crippen molar-refractivity contribution in [2.45, 2.75) is 13.8 Å². The molecule has 0 aliphatic carbocycles. The molecule has 1 radical (unpaired) electrons. The average Bonchev–Trinajstić information content (AvgIpc) is 0.760. The van der Waals surface area contributed by atoms with Crippen molar-refractivity contribution in [1.82, 2.24) is 49.8 Å². The quantitative estimate of drug-likeness (QED) is 0.0861. The van der Waals surface area contributed by atoms with Gasteiger partial charge in [0.1, 0.15) is 5.75 Å². The summed E-state index contributed by atoms with van der Waals surface area (Å²) < 4.78 is 5.08. The normalized spacial score (nSPS) is 11.0. The van der Waals surface area contributed by atoms with E-state index in [1.165, 1.54) is 0 Å². The van der Waals surface area contributed by atoms with Crippen LogP contribution in [0, 0.1) is 13.8 Å². The minimum Gasteiger partial charge on any atom is -0.537 e. The molecule has 0 amide bonds. The van der Waals surface area contributed by atoms with Crippen molar-refractivity contribution >= 4 is 62.9 Å². The SMILES string of the molecule is Cc1cc(-c2cccc(-c3ccc(-c4nc(-c5ccccc5)nc(-c5ccccc5)n4)cc3)c2)c2ccc3ccc(-c4ccccc4)nc3c2n1.Cc1cc(Cl)c2ccc3ccc(-c4ccccc4)nc3c2n1.O[B]Oc1cccc(-c2ccc(-c3nc(-c4ccccc4)nc(-c4ccccc4)n3)cc2)c1. The van der Waals surface area contributed by atoms with E-state index in [0.29, 0.717) is 48.4 Å². The summed E-state index contributed by atoms with van der Waals surface area (Å²) in [5, 5.41) is 13.8. The fourth-order valence-electron chi connectivity index (χ4n) is 12.9. The molecule has 18 aromatic rings. The highest BCUT2D eigenvalue weighted by Crippen LogP contribution is 2.38. The Morgan fingerprint density at radius 2 is 0.575 bits per heavy atom. The first-order valence-electron chi connectivity index (χ1n) is 34.7. The summed E-state index contributed by atoms with van der Waals surface area (Å²) in [4.78, 5) is 48.5. The second-order valence-corrected chi connectivity index (χ2v) is 25.7. The standard InChI is InChI=1S/C46H31N5.C27H19BN3O2.C19H13ClN2/c1-30-28-40(39-26-24-33-25-27-41(32-12-5-2-6-13-32)48-42(33)43(39)47-30)38-19-11-18-37(29-38)31-20-22-36(23-21-31)46-50-44(34-14-7-3-8-15-34)49-45(51-46)35-16-9-4-10-17-35;32-28-33-24-13-7-12-23(18-24)19-14-16-22(17-15-19)27-30-25(20-8-3-1-4-9-20)29-26(31-27)21-10-5-2-6-11-21;1-12-11-16(20)15-9-7-14-8-10-17(13-5-3-2-4-6-13)22-18(14)19(15)21-12/h2-29H,1H3;1-18,32H;2-11H,1H3. The Kier molecular flexibility index (Phi) is 19.3. The number of aryl methyl sites for hydroxylation is 2. The molecule has 18 rings (SSSR count). The predicted molar refractivity (Wildman–Crippen MR) is 430 cm³/mol. The number of nitrogens with zero attached hydrogens (tertiary/aromatic N) is 10. The third-order valence-electron chi connectivity index (χ3n) is 18.2. The molecule has 106 heavy (non-hydrogen) atoms. The smallest absolute Gasteiger partial charge is 0.537 e. The molecule has 12 aromatic carbocycles. The maximum atomic E-state index is 8.89. The van der Waals surface area contributed by atoms with Gasteiger partial charge in [-0.1, -0.05) is 309 Å². The molecule has 6 heterocycles. The molecule has 0 saturated heterocycles. The molecule has 14 heteroatoms. The van der Waals surface area contributed by atoms with E-state index in [9.17, 15) is 0 Å². The van der Waals surface area contributed by atoms with Crippen LogP contribution < -0.4 is 4.65 Å². The van der Waals surface area contributed by atoms with Crippen LogP contribution in [0.5, 0.6) is 5.75 Å². The second kappa shape index (κ2) is 30.5. The van der Waals surface area contributed by atoms with Gasteiger partial charge in [0, 0.05) is 77.4 Å². The van der Waals surface area contributed by atoms with Gasteiger partial charge in [0.15, 0.2) is 34.9 Å². The molecule has 0 fully saturated rings. The molecule has 6 aromatic heterocycles. The fraction of sp³-hybridized carbons (Fsp3) is 0.0217. The second-order valence-electron chi connectivity index (χ2n) is 25.3. The Bertz CT molecular complexity index is 6060. The number of aromatic nitrogens is 10. The molecule has 1 N–H and O–H groups in total. The number of benzene rings is 12. The lowest BCUT2D eigenvalue weighted by atomic mass is 9.95. The molecule has 0 aliphatic rings. The van der Waals surface area contributed by atoms with Crippen LogP contribution in [0.4, 0.5) is 0 Å². The number of hydrogen-bond donors (Lipinski definition) is 1. The lowest BCUT2D eigenvalue weighted by Gasteiger charge is -2.13. The maximum absolute atomic E-state index is 8.89. The van der Waals surface area contributed by atoms with Gasteiger partial charge >= 0.3 is 7.69 Å². The van der Waals surface area contributed by atoms with E-state index in [2.05, 4.69) is 121 Å². The van der Waals surface area contributed by atoms with Gasteiger partial charge in [-0.05, 0) is 89.7 Å².